The molecule has 1 aliphatic carbocycles. The fourth-order valence-electron chi connectivity index (χ4n) is 4.59. The van der Waals surface area contributed by atoms with Crippen molar-refractivity contribution in [1.82, 2.24) is 14.4 Å². The summed E-state index contributed by atoms with van der Waals surface area (Å²) in [4.78, 5) is 9.40. The van der Waals surface area contributed by atoms with Gasteiger partial charge in [0, 0.05) is 41.2 Å². The Hall–Kier alpha value is -3.54. The molecule has 4 nitrogen and oxygen atoms in total. The van der Waals surface area contributed by atoms with Crippen molar-refractivity contribution in [1.29, 1.82) is 0 Å². The predicted molar refractivity (Wildman–Crippen MR) is 130 cm³/mol. The number of imidazole rings is 1. The molecule has 34 heavy (non-hydrogen) atoms. The third kappa shape index (κ3) is 4.58. The zero-order chi connectivity index (χ0) is 23.7. The minimum Gasteiger partial charge on any atom is -0.435 e. The van der Waals surface area contributed by atoms with Crippen molar-refractivity contribution in [2.75, 3.05) is 0 Å². The van der Waals surface area contributed by atoms with Crippen molar-refractivity contribution in [3.63, 3.8) is 0 Å². The van der Waals surface area contributed by atoms with Crippen LogP contribution >= 0.6 is 0 Å². The molecular weight excluding hydrogens is 432 g/mol. The van der Waals surface area contributed by atoms with E-state index in [-0.39, 0.29) is 5.75 Å². The lowest BCUT2D eigenvalue weighted by molar-refractivity contribution is -0.0503. The zero-order valence-electron chi connectivity index (χ0n) is 19.3. The number of aryl methyl sites for hydroxylation is 1. The molecule has 174 valence electrons. The first-order chi connectivity index (χ1) is 16.5. The van der Waals surface area contributed by atoms with Gasteiger partial charge in [0.15, 0.2) is 0 Å². The van der Waals surface area contributed by atoms with Crippen LogP contribution in [0.4, 0.5) is 8.78 Å². The molecule has 0 saturated carbocycles. The third-order valence-corrected chi connectivity index (χ3v) is 6.56. The second-order valence-electron chi connectivity index (χ2n) is 8.99. The molecule has 6 heteroatoms. The van der Waals surface area contributed by atoms with Crippen molar-refractivity contribution < 1.29 is 13.5 Å². The number of benzene rings is 1. The van der Waals surface area contributed by atoms with Crippen molar-refractivity contribution in [2.45, 2.75) is 46.1 Å². The number of allylic oxidation sites excluding steroid dienone is 2. The largest absolute Gasteiger partial charge is 0.435 e. The minimum absolute atomic E-state index is 0.189. The van der Waals surface area contributed by atoms with E-state index in [9.17, 15) is 8.78 Å². The third-order valence-electron chi connectivity index (χ3n) is 6.56. The van der Waals surface area contributed by atoms with Crippen molar-refractivity contribution in [3.05, 3.63) is 89.6 Å². The first-order valence-electron chi connectivity index (χ1n) is 11.6. The molecule has 1 unspecified atom stereocenters. The Labute approximate surface area is 198 Å². The molecule has 4 aromatic rings. The number of hydrogen-bond acceptors (Lipinski definition) is 3. The molecular formula is C28H27F2N3O. The monoisotopic (exact) mass is 459 g/mol. The van der Waals surface area contributed by atoms with Crippen LogP contribution in [0.25, 0.3) is 22.3 Å². The summed E-state index contributed by atoms with van der Waals surface area (Å²) in [7, 11) is 0. The number of aromatic nitrogens is 3. The average molecular weight is 460 g/mol. The standard InChI is InChI=1S/C28H27F2N3O/c1-18-7-9-20(10-8-18)24-13-11-22(16-31-24)23-12-14-27-32-19(2)25(33(27)17-23)15-21-5-3-4-6-26(21)34-28(29)30/h3-6,9,11-14,16-18,28H,7-8,10,15H2,1-2H3. The van der Waals surface area contributed by atoms with E-state index in [0.29, 0.717) is 12.0 Å². The molecule has 1 aliphatic rings. The molecule has 1 atom stereocenters. The van der Waals surface area contributed by atoms with E-state index in [1.165, 1.54) is 12.0 Å². The molecule has 0 spiro atoms. The Morgan fingerprint density at radius 3 is 2.65 bits per heavy atom. The normalized spacial score (nSPS) is 16.1. The lowest BCUT2D eigenvalue weighted by atomic mass is 9.89. The number of nitrogens with zero attached hydrogens (tertiary/aromatic N) is 3. The smallest absolute Gasteiger partial charge is 0.387 e. The Bertz CT molecular complexity index is 1340. The number of rotatable bonds is 6. The minimum atomic E-state index is -2.86. The Morgan fingerprint density at radius 1 is 1.09 bits per heavy atom. The van der Waals surface area contributed by atoms with Gasteiger partial charge in [-0.05, 0) is 61.9 Å². The molecule has 0 aliphatic heterocycles. The number of fused-ring (bicyclic) bond motifs is 1. The van der Waals surface area contributed by atoms with Crippen LogP contribution in [0.5, 0.6) is 5.75 Å². The molecule has 0 fully saturated rings. The summed E-state index contributed by atoms with van der Waals surface area (Å²) in [5.41, 5.74) is 7.73. The molecule has 0 bridgehead atoms. The summed E-state index contributed by atoms with van der Waals surface area (Å²) in [6, 6.07) is 15.1. The number of ether oxygens (including phenoxy) is 1. The molecule has 0 amide bonds. The van der Waals surface area contributed by atoms with Crippen LogP contribution in [0.2, 0.25) is 0 Å². The van der Waals surface area contributed by atoms with Gasteiger partial charge in [0.1, 0.15) is 11.4 Å². The fraction of sp³-hybridized carbons (Fsp3) is 0.286. The maximum atomic E-state index is 12.9. The van der Waals surface area contributed by atoms with E-state index in [2.05, 4.69) is 30.1 Å². The van der Waals surface area contributed by atoms with E-state index in [4.69, 9.17) is 9.72 Å². The van der Waals surface area contributed by atoms with Crippen molar-refractivity contribution in [3.8, 4) is 16.9 Å². The van der Waals surface area contributed by atoms with Gasteiger partial charge in [-0.1, -0.05) is 37.3 Å². The topological polar surface area (TPSA) is 39.4 Å². The van der Waals surface area contributed by atoms with Crippen molar-refractivity contribution in [2.24, 2.45) is 5.92 Å². The number of pyridine rings is 2. The summed E-state index contributed by atoms with van der Waals surface area (Å²) in [6.45, 7) is 1.36. The van der Waals surface area contributed by atoms with Crippen LogP contribution in [0, 0.1) is 12.8 Å². The van der Waals surface area contributed by atoms with Gasteiger partial charge in [-0.2, -0.15) is 8.78 Å². The molecule has 0 N–H and O–H groups in total. The first kappa shape index (κ1) is 22.3. The molecule has 0 radical (unpaired) electrons. The van der Waals surface area contributed by atoms with Gasteiger partial charge in [0.05, 0.1) is 11.4 Å². The van der Waals surface area contributed by atoms with Crippen LogP contribution in [0.1, 0.15) is 48.8 Å². The summed E-state index contributed by atoms with van der Waals surface area (Å²) < 4.78 is 32.5. The van der Waals surface area contributed by atoms with Gasteiger partial charge in [-0.3, -0.25) is 4.98 Å². The highest BCUT2D eigenvalue weighted by Gasteiger charge is 2.16. The first-order valence-corrected chi connectivity index (χ1v) is 11.6. The maximum Gasteiger partial charge on any atom is 0.387 e. The highest BCUT2D eigenvalue weighted by Crippen LogP contribution is 2.30. The zero-order valence-corrected chi connectivity index (χ0v) is 19.3. The second-order valence-corrected chi connectivity index (χ2v) is 8.99. The fourth-order valence-corrected chi connectivity index (χ4v) is 4.59. The van der Waals surface area contributed by atoms with Gasteiger partial charge < -0.3 is 9.14 Å². The number of halogens is 2. The van der Waals surface area contributed by atoms with E-state index in [0.717, 1.165) is 52.6 Å². The molecule has 1 aromatic carbocycles. The van der Waals surface area contributed by atoms with Crippen LogP contribution in [-0.2, 0) is 6.42 Å². The number of alkyl halides is 2. The van der Waals surface area contributed by atoms with Crippen LogP contribution in [0.3, 0.4) is 0 Å². The number of para-hydroxylation sites is 1. The SMILES string of the molecule is Cc1nc2ccc(-c3ccc(C4=CCC(C)CC4)nc3)cn2c1Cc1ccccc1OC(F)F. The van der Waals surface area contributed by atoms with E-state index in [1.807, 2.05) is 48.0 Å². The summed E-state index contributed by atoms with van der Waals surface area (Å²) in [5, 5.41) is 0. The van der Waals surface area contributed by atoms with Gasteiger partial charge >= 0.3 is 6.61 Å². The molecule has 0 saturated heterocycles. The molecule has 3 heterocycles. The highest BCUT2D eigenvalue weighted by atomic mass is 19.3. The van der Waals surface area contributed by atoms with Gasteiger partial charge in [0.2, 0.25) is 0 Å². The summed E-state index contributed by atoms with van der Waals surface area (Å²) in [5.74, 6) is 0.936. The van der Waals surface area contributed by atoms with Gasteiger partial charge in [0.25, 0.3) is 0 Å². The Morgan fingerprint density at radius 2 is 1.91 bits per heavy atom. The van der Waals surface area contributed by atoms with Crippen LogP contribution in [0.15, 0.2) is 67.0 Å². The molecule has 3 aromatic heterocycles. The average Bonchev–Trinajstić information content (AvgIpc) is 3.15. The van der Waals surface area contributed by atoms with Crippen LogP contribution < -0.4 is 4.74 Å². The number of hydrogen-bond donors (Lipinski definition) is 0. The Kier molecular flexibility index (Phi) is 6.14. The quantitative estimate of drug-likeness (QED) is 0.309. The van der Waals surface area contributed by atoms with Gasteiger partial charge in [-0.15, -0.1) is 0 Å². The Balaban J connectivity index is 1.46. The van der Waals surface area contributed by atoms with E-state index in [1.54, 1.807) is 12.1 Å². The van der Waals surface area contributed by atoms with E-state index >= 15 is 0 Å². The van der Waals surface area contributed by atoms with Crippen LogP contribution in [-0.4, -0.2) is 21.0 Å². The predicted octanol–water partition coefficient (Wildman–Crippen LogP) is 7.10. The lowest BCUT2D eigenvalue weighted by Gasteiger charge is -2.18. The maximum absolute atomic E-state index is 12.9. The lowest BCUT2D eigenvalue weighted by Crippen LogP contribution is -2.05. The van der Waals surface area contributed by atoms with Gasteiger partial charge in [-0.25, -0.2) is 4.98 Å². The molecule has 5 rings (SSSR count). The van der Waals surface area contributed by atoms with Crippen molar-refractivity contribution >= 4 is 11.2 Å². The highest BCUT2D eigenvalue weighted by molar-refractivity contribution is 5.68. The van der Waals surface area contributed by atoms with E-state index < -0.39 is 6.61 Å². The summed E-state index contributed by atoms with van der Waals surface area (Å²) >= 11 is 0. The second kappa shape index (κ2) is 9.37. The summed E-state index contributed by atoms with van der Waals surface area (Å²) in [6.07, 6.45) is 10.1.